The average molecular weight is 116 g/mol. The molecule has 0 aliphatic rings. The first kappa shape index (κ1) is 7.17. The van der Waals surface area contributed by atoms with Crippen molar-refractivity contribution in [3.8, 4) is 0 Å². The lowest BCUT2D eigenvalue weighted by Gasteiger charge is -1.88. The zero-order valence-corrected chi connectivity index (χ0v) is 6.22. The second-order valence-corrected chi connectivity index (χ2v) is 2.28. The molecule has 0 saturated heterocycles. The van der Waals surface area contributed by atoms with Gasteiger partial charge in [0.05, 0.1) is 0 Å². The molecule has 0 aliphatic heterocycles. The van der Waals surface area contributed by atoms with Crippen molar-refractivity contribution in [1.82, 2.24) is 0 Å². The van der Waals surface area contributed by atoms with Crippen molar-refractivity contribution in [3.05, 3.63) is 11.4 Å². The van der Waals surface area contributed by atoms with Crippen LogP contribution in [0.15, 0.2) is 11.4 Å². The molecule has 0 nitrogen and oxygen atoms in total. The minimum Gasteiger partial charge on any atom is -0.110 e. The lowest BCUT2D eigenvalue weighted by molar-refractivity contribution is 1.14. The van der Waals surface area contributed by atoms with Gasteiger partial charge in [0.1, 0.15) is 0 Å². The summed E-state index contributed by atoms with van der Waals surface area (Å²) in [6, 6.07) is 0. The Kier molecular flexibility index (Phi) is 4.44. The number of rotatable bonds is 2. The van der Waals surface area contributed by atoms with Gasteiger partial charge in [-0.2, -0.15) is 0 Å². The summed E-state index contributed by atoms with van der Waals surface area (Å²) in [6.07, 6.45) is 4.55. The number of allylic oxidation sites excluding steroid dienone is 2. The quantitative estimate of drug-likeness (QED) is 0.486. The summed E-state index contributed by atoms with van der Waals surface area (Å²) in [6.45, 7) is 4.31. The third-order valence-electron chi connectivity index (χ3n) is 0.875. The van der Waals surface area contributed by atoms with Crippen molar-refractivity contribution in [2.45, 2.75) is 26.7 Å². The van der Waals surface area contributed by atoms with E-state index in [9.17, 15) is 0 Å². The van der Waals surface area contributed by atoms with Crippen LogP contribution in [-0.4, -0.2) is 0 Å². The first-order valence-corrected chi connectivity index (χ1v) is 3.33. The van der Waals surface area contributed by atoms with Crippen LogP contribution < -0.4 is 0 Å². The standard InChI is InChI=1S/C6H13P/c1-3-5-6(7)4-2/h5H,3-4,7H2,1-2H3. The lowest BCUT2D eigenvalue weighted by atomic mass is 10.3. The summed E-state index contributed by atoms with van der Waals surface area (Å²) in [5, 5.41) is 1.42. The summed E-state index contributed by atoms with van der Waals surface area (Å²) >= 11 is 0. The van der Waals surface area contributed by atoms with Gasteiger partial charge >= 0.3 is 0 Å². The van der Waals surface area contributed by atoms with Crippen LogP contribution >= 0.6 is 9.24 Å². The predicted molar refractivity (Wildman–Crippen MR) is 38.4 cm³/mol. The van der Waals surface area contributed by atoms with Crippen molar-refractivity contribution in [3.63, 3.8) is 0 Å². The van der Waals surface area contributed by atoms with E-state index in [1.165, 1.54) is 11.7 Å². The number of hydrogen-bond donors (Lipinski definition) is 0. The highest BCUT2D eigenvalue weighted by Gasteiger charge is 1.76. The van der Waals surface area contributed by atoms with Gasteiger partial charge in [-0.05, 0) is 12.8 Å². The van der Waals surface area contributed by atoms with E-state index >= 15 is 0 Å². The molecule has 42 valence electrons. The molecule has 0 amide bonds. The van der Waals surface area contributed by atoms with Crippen LogP contribution in [-0.2, 0) is 0 Å². The third kappa shape index (κ3) is 4.01. The summed E-state index contributed by atoms with van der Waals surface area (Å²) in [4.78, 5) is 0. The minimum atomic E-state index is 1.16. The first-order chi connectivity index (χ1) is 3.31. The van der Waals surface area contributed by atoms with Crippen molar-refractivity contribution in [2.75, 3.05) is 0 Å². The second kappa shape index (κ2) is 4.33. The normalized spacial score (nSPS) is 12.1. The van der Waals surface area contributed by atoms with Gasteiger partial charge in [0.15, 0.2) is 0 Å². The Hall–Kier alpha value is 0.170. The van der Waals surface area contributed by atoms with Gasteiger partial charge in [-0.25, -0.2) is 0 Å². The van der Waals surface area contributed by atoms with Crippen LogP contribution in [0.3, 0.4) is 0 Å². The highest BCUT2D eigenvalue weighted by molar-refractivity contribution is 7.22. The molecule has 0 heterocycles. The topological polar surface area (TPSA) is 0 Å². The summed E-state index contributed by atoms with van der Waals surface area (Å²) in [7, 11) is 2.72. The molecule has 0 fully saturated rings. The van der Waals surface area contributed by atoms with Crippen LogP contribution in [0.4, 0.5) is 0 Å². The molecule has 1 unspecified atom stereocenters. The van der Waals surface area contributed by atoms with Crippen molar-refractivity contribution in [1.29, 1.82) is 0 Å². The van der Waals surface area contributed by atoms with E-state index in [4.69, 9.17) is 0 Å². The monoisotopic (exact) mass is 116 g/mol. The van der Waals surface area contributed by atoms with Gasteiger partial charge in [-0.15, -0.1) is 9.24 Å². The van der Waals surface area contributed by atoms with E-state index < -0.39 is 0 Å². The molecule has 0 aromatic heterocycles. The maximum atomic E-state index is 2.72. The fourth-order valence-electron chi connectivity index (χ4n) is 0.407. The van der Waals surface area contributed by atoms with Gasteiger partial charge in [0, 0.05) is 0 Å². The molecular weight excluding hydrogens is 103 g/mol. The van der Waals surface area contributed by atoms with Gasteiger partial charge in [0.25, 0.3) is 0 Å². The molecule has 0 aromatic rings. The maximum absolute atomic E-state index is 2.72. The Morgan fingerprint density at radius 1 is 1.57 bits per heavy atom. The Morgan fingerprint density at radius 3 is 2.29 bits per heavy atom. The molecule has 0 saturated carbocycles. The predicted octanol–water partition coefficient (Wildman–Crippen LogP) is 2.57. The van der Waals surface area contributed by atoms with Crippen LogP contribution in [0.1, 0.15) is 26.7 Å². The van der Waals surface area contributed by atoms with E-state index in [-0.39, 0.29) is 0 Å². The van der Waals surface area contributed by atoms with E-state index in [2.05, 4.69) is 29.2 Å². The zero-order chi connectivity index (χ0) is 5.70. The highest BCUT2D eigenvalue weighted by atomic mass is 31.0. The van der Waals surface area contributed by atoms with Crippen LogP contribution in [0.5, 0.6) is 0 Å². The minimum absolute atomic E-state index is 1.16. The lowest BCUT2D eigenvalue weighted by Crippen LogP contribution is -1.62. The molecule has 0 radical (unpaired) electrons. The van der Waals surface area contributed by atoms with Gasteiger partial charge in [0.2, 0.25) is 0 Å². The molecular formula is C6H13P. The van der Waals surface area contributed by atoms with Crippen LogP contribution in [0.25, 0.3) is 0 Å². The Labute approximate surface area is 48.2 Å². The molecule has 0 aromatic carbocycles. The van der Waals surface area contributed by atoms with Crippen molar-refractivity contribution < 1.29 is 0 Å². The third-order valence-corrected chi connectivity index (χ3v) is 1.52. The van der Waals surface area contributed by atoms with Gasteiger partial charge in [-0.3, -0.25) is 0 Å². The summed E-state index contributed by atoms with van der Waals surface area (Å²) < 4.78 is 0. The molecule has 0 aliphatic carbocycles. The summed E-state index contributed by atoms with van der Waals surface area (Å²) in [5.41, 5.74) is 0. The molecule has 0 rings (SSSR count). The first-order valence-electron chi connectivity index (χ1n) is 2.75. The van der Waals surface area contributed by atoms with E-state index in [1.54, 1.807) is 0 Å². The molecule has 0 spiro atoms. The fraction of sp³-hybridized carbons (Fsp3) is 0.667. The molecule has 0 bridgehead atoms. The largest absolute Gasteiger partial charge is 0.110 e. The molecule has 7 heavy (non-hydrogen) atoms. The molecule has 1 heteroatoms. The second-order valence-electron chi connectivity index (χ2n) is 1.54. The molecule has 1 atom stereocenters. The van der Waals surface area contributed by atoms with Crippen molar-refractivity contribution in [2.24, 2.45) is 0 Å². The van der Waals surface area contributed by atoms with Crippen LogP contribution in [0.2, 0.25) is 0 Å². The van der Waals surface area contributed by atoms with Gasteiger partial charge < -0.3 is 0 Å². The summed E-state index contributed by atoms with van der Waals surface area (Å²) in [5.74, 6) is 0. The fourth-order valence-corrected chi connectivity index (χ4v) is 0.642. The van der Waals surface area contributed by atoms with Gasteiger partial charge in [-0.1, -0.05) is 25.2 Å². The van der Waals surface area contributed by atoms with Crippen molar-refractivity contribution >= 4 is 9.24 Å². The average Bonchev–Trinajstić information content (AvgIpc) is 1.68. The Balaban J connectivity index is 3.29. The van der Waals surface area contributed by atoms with E-state index in [1.807, 2.05) is 0 Å². The Morgan fingerprint density at radius 2 is 2.14 bits per heavy atom. The SMILES string of the molecule is CCC=C(P)CC. The number of hydrogen-bond acceptors (Lipinski definition) is 0. The highest BCUT2D eigenvalue weighted by Crippen LogP contribution is 2.09. The zero-order valence-electron chi connectivity index (χ0n) is 5.07. The van der Waals surface area contributed by atoms with E-state index in [0.29, 0.717) is 0 Å². The smallest absolute Gasteiger partial charge is 0.0311 e. The Bertz CT molecular complexity index is 64.6. The maximum Gasteiger partial charge on any atom is -0.0311 e. The molecule has 0 N–H and O–H groups in total. The van der Waals surface area contributed by atoms with E-state index in [0.717, 1.165) is 6.42 Å². The van der Waals surface area contributed by atoms with Crippen LogP contribution in [0, 0.1) is 0 Å².